The van der Waals surface area contributed by atoms with Crippen molar-refractivity contribution >= 4 is 17.7 Å². The van der Waals surface area contributed by atoms with Gasteiger partial charge in [-0.1, -0.05) is 0 Å². The van der Waals surface area contributed by atoms with Gasteiger partial charge in [0.1, 0.15) is 17.4 Å². The summed E-state index contributed by atoms with van der Waals surface area (Å²) in [6.07, 6.45) is 1.35. The molecule has 2 rings (SSSR count). The number of anilines is 1. The van der Waals surface area contributed by atoms with Gasteiger partial charge in [0.05, 0.1) is 14.2 Å². The number of benzene rings is 2. The Morgan fingerprint density at radius 1 is 1.12 bits per heavy atom. The molecule has 128 valence electrons. The maximum Gasteiger partial charge on any atom is 0.266 e. The fraction of sp³-hybridized carbons (Fsp3) is 0.111. The Morgan fingerprint density at radius 3 is 2.16 bits per heavy atom. The highest BCUT2D eigenvalue weighted by atomic mass is 16.5. The molecule has 0 heterocycles. The Balaban J connectivity index is 2.32. The molecule has 2 aromatic carbocycles. The third-order valence-electron chi connectivity index (χ3n) is 3.30. The van der Waals surface area contributed by atoms with Crippen molar-refractivity contribution in [1.82, 2.24) is 0 Å². The van der Waals surface area contributed by atoms with Crippen LogP contribution in [-0.2, 0) is 4.79 Å². The molecule has 0 aromatic heterocycles. The molecule has 0 fully saturated rings. The number of carbonyl (C=O) groups excluding carboxylic acids is 1. The van der Waals surface area contributed by atoms with E-state index in [0.29, 0.717) is 11.3 Å². The summed E-state index contributed by atoms with van der Waals surface area (Å²) in [5.74, 6) is -0.408. The highest BCUT2D eigenvalue weighted by Gasteiger charge is 2.13. The van der Waals surface area contributed by atoms with Crippen LogP contribution in [-0.4, -0.2) is 30.3 Å². The molecule has 25 heavy (non-hydrogen) atoms. The van der Waals surface area contributed by atoms with Crippen LogP contribution in [0.15, 0.2) is 42.0 Å². The number of carbonyl (C=O) groups is 1. The number of phenolic OH excluding ortho intramolecular Hbond substituents is 2. The van der Waals surface area contributed by atoms with E-state index in [1.54, 1.807) is 0 Å². The van der Waals surface area contributed by atoms with Gasteiger partial charge in [-0.05, 0) is 48.0 Å². The van der Waals surface area contributed by atoms with E-state index in [0.717, 1.165) is 0 Å². The average molecular weight is 340 g/mol. The first-order valence-corrected chi connectivity index (χ1v) is 7.15. The number of nitriles is 1. The van der Waals surface area contributed by atoms with Crippen molar-refractivity contribution in [3.63, 3.8) is 0 Å². The Morgan fingerprint density at radius 2 is 1.68 bits per heavy atom. The Hall–Kier alpha value is -3.66. The van der Waals surface area contributed by atoms with Crippen molar-refractivity contribution in [2.24, 2.45) is 0 Å². The van der Waals surface area contributed by atoms with E-state index in [-0.39, 0.29) is 28.6 Å². The minimum atomic E-state index is -0.612. The highest BCUT2D eigenvalue weighted by Crippen LogP contribution is 2.37. The van der Waals surface area contributed by atoms with Gasteiger partial charge in [-0.15, -0.1) is 0 Å². The van der Waals surface area contributed by atoms with Crippen LogP contribution in [0.3, 0.4) is 0 Å². The minimum absolute atomic E-state index is 0.0670. The predicted molar refractivity (Wildman–Crippen MR) is 91.5 cm³/mol. The van der Waals surface area contributed by atoms with Crippen LogP contribution in [0, 0.1) is 11.3 Å². The Bertz CT molecular complexity index is 826. The molecular weight excluding hydrogens is 324 g/mol. The van der Waals surface area contributed by atoms with Crippen LogP contribution in [0.1, 0.15) is 5.56 Å². The zero-order chi connectivity index (χ0) is 18.4. The maximum absolute atomic E-state index is 12.2. The molecule has 0 aliphatic carbocycles. The van der Waals surface area contributed by atoms with E-state index < -0.39 is 5.91 Å². The fourth-order valence-electron chi connectivity index (χ4n) is 2.06. The normalized spacial score (nSPS) is 10.7. The predicted octanol–water partition coefficient (Wildman–Crippen LogP) is 2.66. The van der Waals surface area contributed by atoms with Crippen molar-refractivity contribution in [2.75, 3.05) is 19.5 Å². The minimum Gasteiger partial charge on any atom is -0.508 e. The first-order chi connectivity index (χ1) is 12.0. The largest absolute Gasteiger partial charge is 0.508 e. The van der Waals surface area contributed by atoms with Crippen molar-refractivity contribution in [3.8, 4) is 29.1 Å². The second-order valence-electron chi connectivity index (χ2n) is 4.94. The number of methoxy groups -OCH3 is 2. The number of nitrogens with one attached hydrogen (secondary N) is 1. The van der Waals surface area contributed by atoms with E-state index in [1.165, 1.54) is 56.7 Å². The number of ether oxygens (including phenoxy) is 2. The molecule has 0 radical (unpaired) electrons. The van der Waals surface area contributed by atoms with Crippen LogP contribution in [0.4, 0.5) is 5.69 Å². The molecule has 7 heteroatoms. The SMILES string of the molecule is COc1cc(/C=C(\C#N)C(=O)Nc2ccc(O)cc2)cc(OC)c1O. The van der Waals surface area contributed by atoms with Gasteiger partial charge in [-0.2, -0.15) is 5.26 Å². The number of phenols is 2. The molecule has 2 aromatic rings. The summed E-state index contributed by atoms with van der Waals surface area (Å²) in [7, 11) is 2.76. The van der Waals surface area contributed by atoms with E-state index in [2.05, 4.69) is 5.32 Å². The standard InChI is InChI=1S/C18H16N2O5/c1-24-15-8-11(9-16(25-2)17(15)22)7-12(10-19)18(23)20-13-3-5-14(21)6-4-13/h3-9,21-22H,1-2H3,(H,20,23)/b12-7+. The number of amides is 1. The first-order valence-electron chi connectivity index (χ1n) is 7.15. The Kier molecular flexibility index (Phi) is 5.48. The third-order valence-corrected chi connectivity index (χ3v) is 3.30. The van der Waals surface area contributed by atoms with Gasteiger partial charge < -0.3 is 25.0 Å². The molecule has 0 saturated heterocycles. The second-order valence-corrected chi connectivity index (χ2v) is 4.94. The van der Waals surface area contributed by atoms with Crippen LogP contribution in [0.5, 0.6) is 23.0 Å². The molecule has 3 N–H and O–H groups in total. The van der Waals surface area contributed by atoms with Crippen molar-refractivity contribution in [1.29, 1.82) is 5.26 Å². The van der Waals surface area contributed by atoms with Gasteiger partial charge in [0.2, 0.25) is 5.75 Å². The lowest BCUT2D eigenvalue weighted by atomic mass is 10.1. The zero-order valence-corrected chi connectivity index (χ0v) is 13.6. The average Bonchev–Trinajstić information content (AvgIpc) is 2.62. The smallest absolute Gasteiger partial charge is 0.266 e. The van der Waals surface area contributed by atoms with Gasteiger partial charge in [0, 0.05) is 5.69 Å². The van der Waals surface area contributed by atoms with E-state index in [1.807, 2.05) is 6.07 Å². The molecular formula is C18H16N2O5. The summed E-state index contributed by atoms with van der Waals surface area (Å²) in [4.78, 5) is 12.2. The quantitative estimate of drug-likeness (QED) is 0.438. The lowest BCUT2D eigenvalue weighted by Crippen LogP contribution is -2.13. The number of hydrogen-bond acceptors (Lipinski definition) is 6. The summed E-state index contributed by atoms with van der Waals surface area (Å²) >= 11 is 0. The molecule has 0 saturated carbocycles. The summed E-state index contributed by atoms with van der Waals surface area (Å²) < 4.78 is 10.1. The number of hydrogen-bond donors (Lipinski definition) is 3. The van der Waals surface area contributed by atoms with Gasteiger partial charge in [-0.3, -0.25) is 4.79 Å². The summed E-state index contributed by atoms with van der Waals surface area (Å²) in [6, 6.07) is 10.6. The molecule has 0 bridgehead atoms. The number of nitrogens with zero attached hydrogens (tertiary/aromatic N) is 1. The van der Waals surface area contributed by atoms with Crippen LogP contribution in [0.2, 0.25) is 0 Å². The number of aromatic hydroxyl groups is 2. The fourth-order valence-corrected chi connectivity index (χ4v) is 2.06. The molecule has 0 aliphatic rings. The van der Waals surface area contributed by atoms with Crippen molar-refractivity contribution < 1.29 is 24.5 Å². The summed E-state index contributed by atoms with van der Waals surface area (Å²) in [5, 5.41) is 30.9. The van der Waals surface area contributed by atoms with Gasteiger partial charge in [0.15, 0.2) is 11.5 Å². The molecule has 1 amide bonds. The third kappa shape index (κ3) is 4.20. The van der Waals surface area contributed by atoms with E-state index in [4.69, 9.17) is 9.47 Å². The Labute approximate surface area is 144 Å². The molecule has 0 unspecified atom stereocenters. The lowest BCUT2D eigenvalue weighted by molar-refractivity contribution is -0.112. The van der Waals surface area contributed by atoms with Crippen molar-refractivity contribution in [3.05, 3.63) is 47.5 Å². The van der Waals surface area contributed by atoms with Crippen LogP contribution >= 0.6 is 0 Å². The van der Waals surface area contributed by atoms with Crippen molar-refractivity contribution in [2.45, 2.75) is 0 Å². The molecule has 7 nitrogen and oxygen atoms in total. The van der Waals surface area contributed by atoms with Gasteiger partial charge >= 0.3 is 0 Å². The van der Waals surface area contributed by atoms with Crippen LogP contribution < -0.4 is 14.8 Å². The molecule has 0 spiro atoms. The first kappa shape index (κ1) is 17.7. The second kappa shape index (κ2) is 7.75. The van der Waals surface area contributed by atoms with Gasteiger partial charge in [-0.25, -0.2) is 0 Å². The topological polar surface area (TPSA) is 112 Å². The zero-order valence-electron chi connectivity index (χ0n) is 13.6. The van der Waals surface area contributed by atoms with Crippen LogP contribution in [0.25, 0.3) is 6.08 Å². The maximum atomic E-state index is 12.2. The molecule has 0 atom stereocenters. The van der Waals surface area contributed by atoms with Gasteiger partial charge in [0.25, 0.3) is 5.91 Å². The summed E-state index contributed by atoms with van der Waals surface area (Å²) in [5.41, 5.74) is 0.733. The van der Waals surface area contributed by atoms with E-state index in [9.17, 15) is 20.3 Å². The monoisotopic (exact) mass is 340 g/mol. The number of rotatable bonds is 5. The highest BCUT2D eigenvalue weighted by molar-refractivity contribution is 6.09. The lowest BCUT2D eigenvalue weighted by Gasteiger charge is -2.10. The summed E-state index contributed by atoms with van der Waals surface area (Å²) in [6.45, 7) is 0. The van der Waals surface area contributed by atoms with E-state index >= 15 is 0 Å². The molecule has 0 aliphatic heterocycles.